The minimum Gasteiger partial charge on any atom is -0.444 e. The first-order chi connectivity index (χ1) is 10.7. The number of hydrogen-bond acceptors (Lipinski definition) is 3. The molecule has 1 aromatic carbocycles. The molecule has 4 nitrogen and oxygen atoms in total. The summed E-state index contributed by atoms with van der Waals surface area (Å²) < 4.78 is 19.5. The summed E-state index contributed by atoms with van der Waals surface area (Å²) in [6.07, 6.45) is 0.0511. The average molecular weight is 344 g/mol. The van der Waals surface area contributed by atoms with Gasteiger partial charge in [0, 0.05) is 24.6 Å². The second-order valence-electron chi connectivity index (χ2n) is 6.92. The highest BCUT2D eigenvalue weighted by molar-refractivity contribution is 6.30. The van der Waals surface area contributed by atoms with Gasteiger partial charge in [-0.05, 0) is 39.7 Å². The highest BCUT2D eigenvalue weighted by Crippen LogP contribution is 2.33. The lowest BCUT2D eigenvalue weighted by Crippen LogP contribution is -2.44. The molecule has 1 N–H and O–H groups in total. The van der Waals surface area contributed by atoms with Gasteiger partial charge in [0.05, 0.1) is 11.1 Å². The molecule has 0 aromatic heterocycles. The van der Waals surface area contributed by atoms with E-state index in [-0.39, 0.29) is 16.5 Å². The number of carbonyl (C=O) groups is 1. The average Bonchev–Trinajstić information content (AvgIpc) is 2.48. The molecule has 1 aliphatic heterocycles. The smallest absolute Gasteiger partial charge is 0.410 e. The Hall–Kier alpha value is -1.33. The van der Waals surface area contributed by atoms with Crippen molar-refractivity contribution in [2.75, 3.05) is 13.1 Å². The second-order valence-corrected chi connectivity index (χ2v) is 7.32. The second kappa shape index (κ2) is 7.05. The fourth-order valence-electron chi connectivity index (χ4n) is 2.76. The molecule has 1 aromatic rings. The third kappa shape index (κ3) is 4.58. The van der Waals surface area contributed by atoms with Gasteiger partial charge in [0.2, 0.25) is 0 Å². The number of halogens is 2. The minimum absolute atomic E-state index is 0.0126. The first-order valence-corrected chi connectivity index (χ1v) is 8.17. The Balaban J connectivity index is 2.08. The molecule has 2 atom stereocenters. The molecular weight excluding hydrogens is 321 g/mol. The summed E-state index contributed by atoms with van der Waals surface area (Å²) in [6.45, 7) is 6.34. The van der Waals surface area contributed by atoms with Crippen LogP contribution in [0.1, 0.15) is 45.3 Å². The number of nitrogens with zero attached hydrogens (tertiary/aromatic N) is 1. The van der Waals surface area contributed by atoms with E-state index in [1.807, 2.05) is 20.8 Å². The number of rotatable bonds is 2. The molecule has 23 heavy (non-hydrogen) atoms. The lowest BCUT2D eigenvalue weighted by atomic mass is 9.88. The third-order valence-electron chi connectivity index (χ3n) is 3.86. The number of piperidine rings is 1. The summed E-state index contributed by atoms with van der Waals surface area (Å²) in [4.78, 5) is 13.7. The summed E-state index contributed by atoms with van der Waals surface area (Å²) in [5.41, 5.74) is -0.393. The number of aliphatic hydroxyl groups is 1. The van der Waals surface area contributed by atoms with Crippen LogP contribution < -0.4 is 0 Å². The Morgan fingerprint density at radius 1 is 1.48 bits per heavy atom. The van der Waals surface area contributed by atoms with E-state index in [1.54, 1.807) is 11.0 Å². The van der Waals surface area contributed by atoms with Crippen LogP contribution in [-0.4, -0.2) is 34.8 Å². The van der Waals surface area contributed by atoms with Crippen molar-refractivity contribution in [2.45, 2.75) is 45.3 Å². The molecule has 0 bridgehead atoms. The molecule has 1 unspecified atom stereocenters. The Kier molecular flexibility index (Phi) is 5.53. The van der Waals surface area contributed by atoms with Gasteiger partial charge in [-0.2, -0.15) is 0 Å². The summed E-state index contributed by atoms with van der Waals surface area (Å²) >= 11 is 5.78. The molecule has 0 saturated carbocycles. The fraction of sp³-hybridized carbons (Fsp3) is 0.588. The summed E-state index contributed by atoms with van der Waals surface area (Å²) in [6, 6.07) is 4.58. The van der Waals surface area contributed by atoms with Crippen molar-refractivity contribution in [3.05, 3.63) is 34.6 Å². The van der Waals surface area contributed by atoms with Crippen LogP contribution in [0.5, 0.6) is 0 Å². The van der Waals surface area contributed by atoms with Gasteiger partial charge in [-0.3, -0.25) is 0 Å². The van der Waals surface area contributed by atoms with E-state index < -0.39 is 23.6 Å². The summed E-state index contributed by atoms with van der Waals surface area (Å²) in [7, 11) is 0. The van der Waals surface area contributed by atoms with E-state index in [0.717, 1.165) is 6.42 Å². The van der Waals surface area contributed by atoms with Gasteiger partial charge in [0.1, 0.15) is 11.4 Å². The van der Waals surface area contributed by atoms with E-state index in [2.05, 4.69) is 0 Å². The predicted molar refractivity (Wildman–Crippen MR) is 86.9 cm³/mol. The molecule has 0 radical (unpaired) electrons. The lowest BCUT2D eigenvalue weighted by molar-refractivity contribution is 0.00191. The molecule has 2 rings (SSSR count). The van der Waals surface area contributed by atoms with E-state index in [1.165, 1.54) is 12.1 Å². The zero-order valence-corrected chi connectivity index (χ0v) is 14.4. The van der Waals surface area contributed by atoms with Gasteiger partial charge in [0.25, 0.3) is 0 Å². The molecule has 1 aliphatic rings. The van der Waals surface area contributed by atoms with E-state index in [4.69, 9.17) is 16.3 Å². The van der Waals surface area contributed by atoms with Crippen LogP contribution in [0.3, 0.4) is 0 Å². The van der Waals surface area contributed by atoms with Crippen LogP contribution >= 0.6 is 11.6 Å². The Labute approximate surface area is 141 Å². The van der Waals surface area contributed by atoms with E-state index >= 15 is 0 Å². The number of ether oxygens (including phenoxy) is 1. The fourth-order valence-corrected chi connectivity index (χ4v) is 2.94. The standard InChI is InChI=1S/C17H23ClFNO3/c1-17(2,3)23-16(22)20-9-5-6-11(10-20)15(21)12-7-4-8-13(18)14(12)19/h4,7-8,11,15,21H,5-6,9-10H2,1-3H3/t11-,15?/m1/s1. The quantitative estimate of drug-likeness (QED) is 0.877. The monoisotopic (exact) mass is 343 g/mol. The number of benzene rings is 1. The van der Waals surface area contributed by atoms with Crippen LogP contribution in [0.2, 0.25) is 5.02 Å². The van der Waals surface area contributed by atoms with Crippen LogP contribution in [0, 0.1) is 11.7 Å². The van der Waals surface area contributed by atoms with Gasteiger partial charge in [-0.15, -0.1) is 0 Å². The SMILES string of the molecule is CC(C)(C)OC(=O)N1CCC[C@@H](C(O)c2cccc(Cl)c2F)C1. The molecule has 0 spiro atoms. The zero-order valence-electron chi connectivity index (χ0n) is 13.7. The van der Waals surface area contributed by atoms with Crippen LogP contribution in [0.25, 0.3) is 0 Å². The first kappa shape index (κ1) is 18.0. The molecule has 6 heteroatoms. The van der Waals surface area contributed by atoms with Crippen LogP contribution in [0.15, 0.2) is 18.2 Å². The molecule has 1 saturated heterocycles. The number of carbonyl (C=O) groups excluding carboxylic acids is 1. The topological polar surface area (TPSA) is 49.8 Å². The third-order valence-corrected chi connectivity index (χ3v) is 4.15. The zero-order chi connectivity index (χ0) is 17.2. The van der Waals surface area contributed by atoms with Crippen molar-refractivity contribution >= 4 is 17.7 Å². The van der Waals surface area contributed by atoms with Gasteiger partial charge in [0.15, 0.2) is 0 Å². The van der Waals surface area contributed by atoms with Crippen LogP contribution in [-0.2, 0) is 4.74 Å². The molecular formula is C17H23ClFNO3. The van der Waals surface area contributed by atoms with Gasteiger partial charge in [-0.25, -0.2) is 9.18 Å². The van der Waals surface area contributed by atoms with E-state index in [0.29, 0.717) is 19.5 Å². The predicted octanol–water partition coefficient (Wildman–Crippen LogP) is 4.16. The van der Waals surface area contributed by atoms with Crippen molar-refractivity contribution in [3.8, 4) is 0 Å². The maximum absolute atomic E-state index is 14.1. The van der Waals surface area contributed by atoms with E-state index in [9.17, 15) is 14.3 Å². The maximum atomic E-state index is 14.1. The highest BCUT2D eigenvalue weighted by Gasteiger charge is 2.32. The normalized spacial score (nSPS) is 20.3. The molecule has 1 heterocycles. The lowest BCUT2D eigenvalue weighted by Gasteiger charge is -2.36. The van der Waals surface area contributed by atoms with Crippen molar-refractivity contribution in [1.82, 2.24) is 4.90 Å². The van der Waals surface area contributed by atoms with Crippen molar-refractivity contribution in [2.24, 2.45) is 5.92 Å². The number of amides is 1. The minimum atomic E-state index is -1.00. The Bertz CT molecular complexity index is 573. The largest absolute Gasteiger partial charge is 0.444 e. The molecule has 1 fully saturated rings. The van der Waals surface area contributed by atoms with Gasteiger partial charge < -0.3 is 14.7 Å². The number of aliphatic hydroxyl groups excluding tert-OH is 1. The first-order valence-electron chi connectivity index (χ1n) is 7.79. The summed E-state index contributed by atoms with van der Waals surface area (Å²) in [5.74, 6) is -0.847. The number of hydrogen-bond donors (Lipinski definition) is 1. The highest BCUT2D eigenvalue weighted by atomic mass is 35.5. The van der Waals surface area contributed by atoms with Gasteiger partial charge >= 0.3 is 6.09 Å². The van der Waals surface area contributed by atoms with Gasteiger partial charge in [-0.1, -0.05) is 23.7 Å². The summed E-state index contributed by atoms with van der Waals surface area (Å²) in [5, 5.41) is 10.5. The molecule has 0 aliphatic carbocycles. The maximum Gasteiger partial charge on any atom is 0.410 e. The van der Waals surface area contributed by atoms with Crippen molar-refractivity contribution in [1.29, 1.82) is 0 Å². The Morgan fingerprint density at radius 3 is 2.83 bits per heavy atom. The van der Waals surface area contributed by atoms with Crippen molar-refractivity contribution in [3.63, 3.8) is 0 Å². The Morgan fingerprint density at radius 2 is 2.17 bits per heavy atom. The van der Waals surface area contributed by atoms with Crippen LogP contribution in [0.4, 0.5) is 9.18 Å². The number of likely N-dealkylation sites (tertiary alicyclic amines) is 1. The molecule has 128 valence electrons. The van der Waals surface area contributed by atoms with Crippen molar-refractivity contribution < 1.29 is 19.0 Å². The molecule has 1 amide bonds.